The number of nitrogens with zero attached hydrogens (tertiary/aromatic N) is 1. The fraction of sp³-hybridized carbons (Fsp3) is 0.571. The lowest BCUT2D eigenvalue weighted by molar-refractivity contribution is 0.571. The Balaban J connectivity index is 2.73. The fourth-order valence-corrected chi connectivity index (χ4v) is 2.88. The van der Waals surface area contributed by atoms with Crippen molar-refractivity contribution >= 4 is 37.3 Å². The van der Waals surface area contributed by atoms with Crippen LogP contribution in [0.15, 0.2) is 6.20 Å². The second kappa shape index (κ2) is 4.69. The lowest BCUT2D eigenvalue weighted by Gasteiger charge is -2.09. The molecule has 0 fully saturated rings. The summed E-state index contributed by atoms with van der Waals surface area (Å²) in [6.07, 6.45) is 1.74. The molecular weight excluding hydrogens is 288 g/mol. The number of hydrogen-bond acceptors (Lipinski definition) is 4. The molecule has 0 aliphatic heterocycles. The van der Waals surface area contributed by atoms with E-state index < -0.39 is 10.0 Å². The smallest absolute Gasteiger partial charge is 0.222 e. The van der Waals surface area contributed by atoms with Gasteiger partial charge in [-0.2, -0.15) is 0 Å². The van der Waals surface area contributed by atoms with Crippen molar-refractivity contribution in [3.8, 4) is 0 Å². The van der Waals surface area contributed by atoms with Gasteiger partial charge in [-0.05, 0) is 13.8 Å². The number of thiazole rings is 1. The number of halogens is 1. The quantitative estimate of drug-likeness (QED) is 0.862. The van der Waals surface area contributed by atoms with E-state index in [1.807, 2.05) is 6.92 Å². The maximum atomic E-state index is 11.2. The normalized spacial score (nSPS) is 14.2. The van der Waals surface area contributed by atoms with Crippen molar-refractivity contribution < 1.29 is 8.42 Å². The number of sulfonamides is 1. The van der Waals surface area contributed by atoms with Gasteiger partial charge in [0.15, 0.2) is 0 Å². The molecule has 0 saturated heterocycles. The zero-order valence-corrected chi connectivity index (χ0v) is 11.0. The molecule has 1 aromatic heterocycles. The van der Waals surface area contributed by atoms with Crippen LogP contribution in [0.4, 0.5) is 0 Å². The lowest BCUT2D eigenvalue weighted by atomic mass is 10.4. The first-order chi connectivity index (χ1) is 6.44. The van der Waals surface area contributed by atoms with Gasteiger partial charge in [-0.3, -0.25) is 0 Å². The first-order valence-corrected chi connectivity index (χ1v) is 7.52. The first kappa shape index (κ1) is 12.1. The molecule has 4 nitrogen and oxygen atoms in total. The largest absolute Gasteiger partial charge is 0.248 e. The third-order valence-electron chi connectivity index (χ3n) is 1.51. The van der Waals surface area contributed by atoms with Crippen LogP contribution in [-0.4, -0.2) is 18.1 Å². The summed E-state index contributed by atoms with van der Waals surface area (Å²) in [7, 11) is -3.22. The van der Waals surface area contributed by atoms with Crippen LogP contribution < -0.4 is 4.72 Å². The molecule has 0 spiro atoms. The van der Waals surface area contributed by atoms with Crippen molar-refractivity contribution in [2.75, 3.05) is 4.66 Å². The predicted molar refractivity (Wildman–Crippen MR) is 61.1 cm³/mol. The van der Waals surface area contributed by atoms with Crippen molar-refractivity contribution in [2.24, 2.45) is 0 Å². The van der Waals surface area contributed by atoms with E-state index in [0.717, 1.165) is 9.88 Å². The van der Waals surface area contributed by atoms with Crippen LogP contribution in [0.5, 0.6) is 0 Å². The van der Waals surface area contributed by atoms with Gasteiger partial charge in [-0.15, -0.1) is 11.3 Å². The van der Waals surface area contributed by atoms with Crippen molar-refractivity contribution in [1.82, 2.24) is 9.71 Å². The van der Waals surface area contributed by atoms with Gasteiger partial charge in [0.25, 0.3) is 0 Å². The second-order valence-electron chi connectivity index (χ2n) is 2.87. The first-order valence-electron chi connectivity index (χ1n) is 3.93. The highest BCUT2D eigenvalue weighted by atomic mass is 79.9. The molecule has 1 unspecified atom stereocenters. The Kier molecular flexibility index (Phi) is 4.05. The molecule has 0 radical (unpaired) electrons. The minimum absolute atomic E-state index is 0.0886. The van der Waals surface area contributed by atoms with Gasteiger partial charge < -0.3 is 0 Å². The summed E-state index contributed by atoms with van der Waals surface area (Å²) in [4.78, 5) is 5.18. The number of rotatable bonds is 4. The average Bonchev–Trinajstić information content (AvgIpc) is 2.51. The Labute approximate surface area is 95.9 Å². The van der Waals surface area contributed by atoms with Gasteiger partial charge in [0.2, 0.25) is 10.0 Å². The highest BCUT2D eigenvalue weighted by Crippen LogP contribution is 2.19. The van der Waals surface area contributed by atoms with Gasteiger partial charge in [0, 0.05) is 11.1 Å². The zero-order chi connectivity index (χ0) is 10.8. The van der Waals surface area contributed by atoms with Crippen molar-refractivity contribution in [3.63, 3.8) is 0 Å². The van der Waals surface area contributed by atoms with E-state index in [1.165, 1.54) is 11.3 Å². The van der Waals surface area contributed by atoms with Crippen LogP contribution in [0.2, 0.25) is 0 Å². The van der Waals surface area contributed by atoms with Crippen molar-refractivity contribution in [1.29, 1.82) is 0 Å². The van der Waals surface area contributed by atoms with Crippen LogP contribution in [0, 0.1) is 6.92 Å². The molecule has 7 heteroatoms. The summed E-state index contributed by atoms with van der Waals surface area (Å²) >= 11 is 4.40. The number of alkyl halides is 1. The van der Waals surface area contributed by atoms with Gasteiger partial charge in [-0.1, -0.05) is 15.9 Å². The Morgan fingerprint density at radius 2 is 2.36 bits per heavy atom. The number of aryl methyl sites for hydroxylation is 1. The summed E-state index contributed by atoms with van der Waals surface area (Å²) in [5.74, 6) is 0. The van der Waals surface area contributed by atoms with Crippen LogP contribution in [-0.2, 0) is 10.0 Å². The molecule has 0 amide bonds. The third kappa shape index (κ3) is 3.30. The zero-order valence-electron chi connectivity index (χ0n) is 7.82. The molecular formula is C7H11BrN2O2S2. The molecule has 1 aromatic rings. The average molecular weight is 299 g/mol. The highest BCUT2D eigenvalue weighted by molar-refractivity contribution is 9.10. The molecule has 0 aliphatic rings. The number of hydrogen-bond donors (Lipinski definition) is 1. The van der Waals surface area contributed by atoms with Gasteiger partial charge in [0.1, 0.15) is 9.67 Å². The maximum Gasteiger partial charge on any atom is 0.222 e. The molecule has 1 rings (SSSR count). The Morgan fingerprint density at radius 1 is 1.71 bits per heavy atom. The predicted octanol–water partition coefficient (Wildman–Crippen LogP) is 1.78. The summed E-state index contributed by atoms with van der Waals surface area (Å²) in [6, 6.07) is -0.267. The Bertz CT molecular complexity index is 402. The molecule has 14 heavy (non-hydrogen) atoms. The van der Waals surface area contributed by atoms with E-state index in [0.29, 0.717) is 0 Å². The molecule has 0 bridgehead atoms. The minimum atomic E-state index is -3.22. The van der Waals surface area contributed by atoms with E-state index in [9.17, 15) is 8.42 Å². The standard InChI is InChI=1S/C7H11BrN2O2S2/c1-5-3-9-7(13-5)6(2)10-14(11,12)4-8/h3,6,10H,4H2,1-2H3. The molecule has 1 heterocycles. The number of nitrogens with one attached hydrogen (secondary N) is 1. The molecule has 0 aromatic carbocycles. The number of aromatic nitrogens is 1. The van der Waals surface area contributed by atoms with Gasteiger partial charge in [0.05, 0.1) is 6.04 Å². The van der Waals surface area contributed by atoms with Crippen molar-refractivity contribution in [3.05, 3.63) is 16.1 Å². The highest BCUT2D eigenvalue weighted by Gasteiger charge is 2.16. The molecule has 1 atom stereocenters. The Morgan fingerprint density at radius 3 is 2.79 bits per heavy atom. The lowest BCUT2D eigenvalue weighted by Crippen LogP contribution is -2.27. The van der Waals surface area contributed by atoms with Gasteiger partial charge in [-0.25, -0.2) is 18.1 Å². The van der Waals surface area contributed by atoms with Crippen LogP contribution >= 0.6 is 27.3 Å². The van der Waals surface area contributed by atoms with Crippen LogP contribution in [0.25, 0.3) is 0 Å². The second-order valence-corrected chi connectivity index (χ2v) is 7.20. The maximum absolute atomic E-state index is 11.2. The Hall–Kier alpha value is 0.0200. The molecule has 1 N–H and O–H groups in total. The van der Waals surface area contributed by atoms with E-state index in [2.05, 4.69) is 25.6 Å². The summed E-state index contributed by atoms with van der Waals surface area (Å²) in [6.45, 7) is 3.71. The monoisotopic (exact) mass is 298 g/mol. The van der Waals surface area contributed by atoms with Gasteiger partial charge >= 0.3 is 0 Å². The summed E-state index contributed by atoms with van der Waals surface area (Å²) < 4.78 is 24.8. The SMILES string of the molecule is Cc1cnc(C(C)NS(=O)(=O)CBr)s1. The van der Waals surface area contributed by atoms with Crippen LogP contribution in [0.1, 0.15) is 22.9 Å². The van der Waals surface area contributed by atoms with E-state index >= 15 is 0 Å². The summed E-state index contributed by atoms with van der Waals surface area (Å²) in [5.41, 5.74) is 0. The molecule has 0 saturated carbocycles. The van der Waals surface area contributed by atoms with E-state index in [4.69, 9.17) is 0 Å². The minimum Gasteiger partial charge on any atom is -0.248 e. The van der Waals surface area contributed by atoms with E-state index in [1.54, 1.807) is 13.1 Å². The molecule has 0 aliphatic carbocycles. The topological polar surface area (TPSA) is 59.1 Å². The molecule has 80 valence electrons. The third-order valence-corrected chi connectivity index (χ3v) is 5.41. The van der Waals surface area contributed by atoms with E-state index in [-0.39, 0.29) is 10.7 Å². The van der Waals surface area contributed by atoms with Crippen molar-refractivity contribution in [2.45, 2.75) is 19.9 Å². The van der Waals surface area contributed by atoms with Crippen LogP contribution in [0.3, 0.4) is 0 Å². The summed E-state index contributed by atoms with van der Waals surface area (Å²) in [5, 5.41) is 0.784. The fourth-order valence-electron chi connectivity index (χ4n) is 0.924.